The molecule has 220 valence electrons. The maximum absolute atomic E-state index is 10.7. The Labute approximate surface area is 270 Å². The van der Waals surface area contributed by atoms with Gasteiger partial charge < -0.3 is 13.6 Å². The molecule has 0 fully saturated rings. The van der Waals surface area contributed by atoms with Gasteiger partial charge in [-0.3, -0.25) is 0 Å². The highest BCUT2D eigenvalue weighted by atomic mass is 16.3. The Morgan fingerprint density at radius 3 is 2.23 bits per heavy atom. The number of fused-ring (bicyclic) bond motifs is 11. The molecule has 2 unspecified atom stereocenters. The summed E-state index contributed by atoms with van der Waals surface area (Å²) in [6.07, 6.45) is 19.4. The first-order valence-electron chi connectivity index (χ1n) is 16.0. The second kappa shape index (κ2) is 9.60. The Morgan fingerprint density at radius 2 is 1.40 bits per heavy atom. The molecule has 7 aromatic rings. The lowest BCUT2D eigenvalue weighted by atomic mass is 9.78. The summed E-state index contributed by atoms with van der Waals surface area (Å²) >= 11 is 0. The smallest absolute Gasteiger partial charge is 0.136 e. The molecule has 0 aliphatic heterocycles. The lowest BCUT2D eigenvalue weighted by Gasteiger charge is -2.26. The molecule has 0 saturated heterocycles. The Kier molecular flexibility index (Phi) is 5.30. The van der Waals surface area contributed by atoms with E-state index in [1.807, 2.05) is 36.4 Å². The molecule has 0 bridgehead atoms. The van der Waals surface area contributed by atoms with Crippen molar-refractivity contribution in [1.82, 2.24) is 9.13 Å². The number of hydrogen-bond acceptors (Lipinski definition) is 3. The zero-order valence-corrected chi connectivity index (χ0v) is 25.3. The molecule has 2 atom stereocenters. The number of nitriles is 2. The van der Waals surface area contributed by atoms with Gasteiger partial charge in [-0.05, 0) is 72.5 Å². The maximum Gasteiger partial charge on any atom is 0.136 e. The van der Waals surface area contributed by atoms with E-state index in [9.17, 15) is 10.5 Å². The number of allylic oxidation sites excluding steroid dienone is 6. The van der Waals surface area contributed by atoms with E-state index < -0.39 is 0 Å². The molecule has 3 aliphatic rings. The van der Waals surface area contributed by atoms with E-state index in [0.717, 1.165) is 62.6 Å². The normalized spacial score (nSPS) is 17.7. The number of furan rings is 1. The number of hydrogen-bond donors (Lipinski definition) is 0. The molecule has 0 saturated carbocycles. The fourth-order valence-electron chi connectivity index (χ4n) is 8.19. The van der Waals surface area contributed by atoms with Gasteiger partial charge in [0.1, 0.15) is 23.3 Å². The van der Waals surface area contributed by atoms with Crippen molar-refractivity contribution < 1.29 is 4.42 Å². The zero-order valence-electron chi connectivity index (χ0n) is 25.3. The molecule has 3 aromatic heterocycles. The van der Waals surface area contributed by atoms with Crippen LogP contribution in [-0.4, -0.2) is 9.13 Å². The van der Waals surface area contributed by atoms with Crippen molar-refractivity contribution in [3.63, 3.8) is 0 Å². The first kappa shape index (κ1) is 26.0. The summed E-state index contributed by atoms with van der Waals surface area (Å²) in [5.74, 6) is 0.506. The van der Waals surface area contributed by atoms with Crippen molar-refractivity contribution >= 4 is 55.9 Å². The fraction of sp³-hybridized carbons (Fsp3) is 0.0952. The van der Waals surface area contributed by atoms with Gasteiger partial charge in [0, 0.05) is 39.1 Å². The maximum atomic E-state index is 10.7. The van der Waals surface area contributed by atoms with Crippen LogP contribution in [0.2, 0.25) is 0 Å². The van der Waals surface area contributed by atoms with Crippen LogP contribution in [0.1, 0.15) is 46.0 Å². The molecule has 47 heavy (non-hydrogen) atoms. The standard InChI is InChI=1S/C42H26N4O/c43-23-26-20-38(46-34-14-6-3-11-29(34)32-22-41-33(21-39(32)46)30-12-5-8-16-40(30)47-41)27(24-44)19-37(26)45-35-15-7-4-13-31(35)42-28-10-2-1-9-25(28)17-18-36(42)45/h1-2,4-10,12-22,25,28H,3,11H2. The van der Waals surface area contributed by atoms with E-state index >= 15 is 0 Å². The Bertz CT molecular complexity index is 2730. The number of aromatic nitrogens is 2. The zero-order chi connectivity index (χ0) is 31.2. The SMILES string of the molecule is N#Cc1cc(-n2c3c(c4ccccc42)C2C=CC=CC2C=C3)c(C#N)cc1-n1c2c(c3cc4oc5ccccc5c4cc31)CCC=C2. The van der Waals surface area contributed by atoms with Crippen LogP contribution in [0.3, 0.4) is 0 Å². The van der Waals surface area contributed by atoms with Crippen molar-refractivity contribution in [3.05, 3.63) is 143 Å². The summed E-state index contributed by atoms with van der Waals surface area (Å²) in [7, 11) is 0. The molecule has 10 rings (SSSR count). The third-order valence-corrected chi connectivity index (χ3v) is 10.2. The minimum Gasteiger partial charge on any atom is -0.456 e. The fourth-order valence-corrected chi connectivity index (χ4v) is 8.19. The third kappa shape index (κ3) is 3.51. The number of aryl methyl sites for hydroxylation is 1. The van der Waals surface area contributed by atoms with Crippen molar-refractivity contribution in [2.24, 2.45) is 5.92 Å². The molecule has 0 radical (unpaired) electrons. The van der Waals surface area contributed by atoms with Crippen molar-refractivity contribution in [1.29, 1.82) is 10.5 Å². The van der Waals surface area contributed by atoms with E-state index in [4.69, 9.17) is 4.42 Å². The lowest BCUT2D eigenvalue weighted by molar-refractivity contribution is 0.669. The molecular formula is C42H26N4O. The van der Waals surface area contributed by atoms with Crippen LogP contribution in [0, 0.1) is 28.6 Å². The number of nitrogens with zero attached hydrogens (tertiary/aromatic N) is 4. The Hall–Kier alpha value is -6.30. The van der Waals surface area contributed by atoms with Gasteiger partial charge in [-0.15, -0.1) is 0 Å². The van der Waals surface area contributed by atoms with Crippen molar-refractivity contribution in [3.8, 4) is 23.5 Å². The van der Waals surface area contributed by atoms with E-state index in [1.54, 1.807) is 0 Å². The molecule has 0 N–H and O–H groups in total. The van der Waals surface area contributed by atoms with Crippen LogP contribution < -0.4 is 0 Å². The predicted molar refractivity (Wildman–Crippen MR) is 188 cm³/mol. The second-order valence-electron chi connectivity index (χ2n) is 12.6. The third-order valence-electron chi connectivity index (χ3n) is 10.2. The first-order chi connectivity index (χ1) is 23.2. The molecule has 5 nitrogen and oxygen atoms in total. The number of benzene rings is 4. The lowest BCUT2D eigenvalue weighted by Crippen LogP contribution is -2.14. The average Bonchev–Trinajstić information content (AvgIpc) is 3.77. The van der Waals surface area contributed by atoms with E-state index in [2.05, 4.69) is 106 Å². The largest absolute Gasteiger partial charge is 0.456 e. The number of para-hydroxylation sites is 2. The molecule has 3 aliphatic carbocycles. The summed E-state index contributed by atoms with van der Waals surface area (Å²) in [5.41, 5.74) is 10.8. The van der Waals surface area contributed by atoms with Crippen LogP contribution in [0.4, 0.5) is 0 Å². The molecule has 5 heteroatoms. The van der Waals surface area contributed by atoms with Gasteiger partial charge >= 0.3 is 0 Å². The Balaban J connectivity index is 1.26. The minimum absolute atomic E-state index is 0.215. The van der Waals surface area contributed by atoms with Crippen LogP contribution >= 0.6 is 0 Å². The molecular weight excluding hydrogens is 576 g/mol. The van der Waals surface area contributed by atoms with Crippen LogP contribution in [-0.2, 0) is 6.42 Å². The average molecular weight is 603 g/mol. The van der Waals surface area contributed by atoms with Crippen LogP contribution in [0.25, 0.3) is 67.3 Å². The van der Waals surface area contributed by atoms with Crippen molar-refractivity contribution in [2.45, 2.75) is 18.8 Å². The van der Waals surface area contributed by atoms with Gasteiger partial charge in [0.2, 0.25) is 0 Å². The van der Waals surface area contributed by atoms with E-state index in [0.29, 0.717) is 28.4 Å². The minimum atomic E-state index is 0.215. The molecule has 0 spiro atoms. The van der Waals surface area contributed by atoms with Crippen molar-refractivity contribution in [2.75, 3.05) is 0 Å². The predicted octanol–water partition coefficient (Wildman–Crippen LogP) is 10.0. The second-order valence-corrected chi connectivity index (χ2v) is 12.6. The topological polar surface area (TPSA) is 70.6 Å². The van der Waals surface area contributed by atoms with Gasteiger partial charge in [-0.2, -0.15) is 10.5 Å². The van der Waals surface area contributed by atoms with Gasteiger partial charge in [0.25, 0.3) is 0 Å². The summed E-state index contributed by atoms with van der Waals surface area (Å²) in [6, 6.07) is 29.7. The summed E-state index contributed by atoms with van der Waals surface area (Å²) < 4.78 is 10.6. The van der Waals surface area contributed by atoms with Gasteiger partial charge in [-0.25, -0.2) is 0 Å². The van der Waals surface area contributed by atoms with Gasteiger partial charge in [0.05, 0.1) is 39.2 Å². The van der Waals surface area contributed by atoms with Gasteiger partial charge in [0.15, 0.2) is 0 Å². The monoisotopic (exact) mass is 602 g/mol. The quantitative estimate of drug-likeness (QED) is 0.198. The molecule has 0 amide bonds. The van der Waals surface area contributed by atoms with Crippen LogP contribution in [0.15, 0.2) is 114 Å². The Morgan fingerprint density at radius 1 is 0.660 bits per heavy atom. The van der Waals surface area contributed by atoms with Gasteiger partial charge in [-0.1, -0.05) is 72.9 Å². The highest BCUT2D eigenvalue weighted by molar-refractivity contribution is 6.11. The molecule has 4 aromatic carbocycles. The first-order valence-corrected chi connectivity index (χ1v) is 16.0. The molecule has 3 heterocycles. The summed E-state index contributed by atoms with van der Waals surface area (Å²) in [4.78, 5) is 0. The summed E-state index contributed by atoms with van der Waals surface area (Å²) in [5, 5.41) is 25.8. The number of rotatable bonds is 2. The highest BCUT2D eigenvalue weighted by Gasteiger charge is 2.31. The van der Waals surface area contributed by atoms with E-state index in [1.165, 1.54) is 16.5 Å². The van der Waals surface area contributed by atoms with Crippen LogP contribution in [0.5, 0.6) is 0 Å². The highest BCUT2D eigenvalue weighted by Crippen LogP contribution is 2.46. The van der Waals surface area contributed by atoms with E-state index in [-0.39, 0.29) is 5.92 Å². The summed E-state index contributed by atoms with van der Waals surface area (Å²) in [6.45, 7) is 0.